The Labute approximate surface area is 143 Å². The third-order valence-electron chi connectivity index (χ3n) is 3.45. The number of rotatable bonds is 7. The van der Waals surface area contributed by atoms with Crippen LogP contribution in [0.3, 0.4) is 0 Å². The molecule has 0 spiro atoms. The molecule has 1 saturated heterocycles. The molecule has 1 aromatic carbocycles. The lowest BCUT2D eigenvalue weighted by molar-refractivity contribution is -0.458. The quantitative estimate of drug-likeness (QED) is 0.432. The minimum atomic E-state index is -0.0471. The second-order valence-corrected chi connectivity index (χ2v) is 5.65. The Kier molecular flexibility index (Phi) is 7.08. The molecule has 0 aliphatic carbocycles. The lowest BCUT2D eigenvalue weighted by atomic mass is 10.1. The zero-order valence-electron chi connectivity index (χ0n) is 14.8. The molecule has 0 unspecified atom stereocenters. The predicted octanol–water partition coefficient (Wildman–Crippen LogP) is 1.82. The highest BCUT2D eigenvalue weighted by atomic mass is 16.6. The summed E-state index contributed by atoms with van der Waals surface area (Å²) in [6.07, 6.45) is 3.63. The molecule has 132 valence electrons. The minimum absolute atomic E-state index is 0.0471. The van der Waals surface area contributed by atoms with Gasteiger partial charge in [-0.2, -0.15) is 0 Å². The summed E-state index contributed by atoms with van der Waals surface area (Å²) < 4.78 is 29.4. The number of hydrogen-bond acceptors (Lipinski definition) is 5. The van der Waals surface area contributed by atoms with Crippen LogP contribution in [0.25, 0.3) is 5.57 Å². The Hall–Kier alpha value is -2.05. The van der Waals surface area contributed by atoms with Crippen molar-refractivity contribution in [2.24, 2.45) is 0 Å². The molecule has 6 heteroatoms. The third-order valence-corrected chi connectivity index (χ3v) is 3.45. The standard InChI is InChI=1S/C18H26NO5/c1-19(2)10-15(11-20-3)14-5-6-17(18(9-14)21-4)24-13-16-12-22-7-8-23-16/h5-6,9-11,16H,7-8,12-13H2,1-4H3/q+1/b15-11+/t16-/m1/s1. The fraction of sp³-hybridized carbons (Fsp3) is 0.500. The zero-order chi connectivity index (χ0) is 17.4. The summed E-state index contributed by atoms with van der Waals surface area (Å²) in [6.45, 7) is 2.24. The van der Waals surface area contributed by atoms with E-state index in [1.54, 1.807) is 20.5 Å². The number of hydrogen-bond donors (Lipinski definition) is 0. The smallest absolute Gasteiger partial charge is 0.173 e. The molecule has 0 N–H and O–H groups in total. The van der Waals surface area contributed by atoms with Gasteiger partial charge in [-0.15, -0.1) is 0 Å². The van der Waals surface area contributed by atoms with Crippen molar-refractivity contribution in [2.45, 2.75) is 6.10 Å². The van der Waals surface area contributed by atoms with Gasteiger partial charge in [0.2, 0.25) is 0 Å². The van der Waals surface area contributed by atoms with Crippen LogP contribution in [0.2, 0.25) is 0 Å². The molecule has 0 aromatic heterocycles. The number of benzene rings is 1. The molecule has 0 amide bonds. The van der Waals surface area contributed by atoms with E-state index in [9.17, 15) is 0 Å². The molecule has 1 atom stereocenters. The van der Waals surface area contributed by atoms with Crippen LogP contribution in [0.1, 0.15) is 5.56 Å². The van der Waals surface area contributed by atoms with E-state index >= 15 is 0 Å². The Morgan fingerprint density at radius 3 is 2.71 bits per heavy atom. The van der Waals surface area contributed by atoms with Crippen molar-refractivity contribution in [1.82, 2.24) is 0 Å². The van der Waals surface area contributed by atoms with Crippen LogP contribution < -0.4 is 9.47 Å². The van der Waals surface area contributed by atoms with Gasteiger partial charge in [0.15, 0.2) is 17.7 Å². The normalized spacial score (nSPS) is 18.0. The lowest BCUT2D eigenvalue weighted by Crippen LogP contribution is -2.33. The molecule has 0 bridgehead atoms. The predicted molar refractivity (Wildman–Crippen MR) is 92.2 cm³/mol. The Balaban J connectivity index is 2.13. The molecule has 0 saturated carbocycles. The highest BCUT2D eigenvalue weighted by molar-refractivity contribution is 6.07. The van der Waals surface area contributed by atoms with Gasteiger partial charge in [-0.25, -0.2) is 4.58 Å². The van der Waals surface area contributed by atoms with E-state index in [-0.39, 0.29) is 6.10 Å². The molecule has 24 heavy (non-hydrogen) atoms. The zero-order valence-corrected chi connectivity index (χ0v) is 14.8. The second-order valence-electron chi connectivity index (χ2n) is 5.65. The van der Waals surface area contributed by atoms with Gasteiger partial charge in [-0.1, -0.05) is 6.07 Å². The monoisotopic (exact) mass is 336 g/mol. The van der Waals surface area contributed by atoms with Crippen molar-refractivity contribution in [2.75, 3.05) is 54.7 Å². The lowest BCUT2D eigenvalue weighted by Gasteiger charge is -2.23. The van der Waals surface area contributed by atoms with Crippen molar-refractivity contribution >= 4 is 11.8 Å². The molecular weight excluding hydrogens is 310 g/mol. The second kappa shape index (κ2) is 9.30. The summed E-state index contributed by atoms with van der Waals surface area (Å²) >= 11 is 0. The van der Waals surface area contributed by atoms with Gasteiger partial charge in [0.25, 0.3) is 0 Å². The van der Waals surface area contributed by atoms with E-state index in [4.69, 9.17) is 23.7 Å². The van der Waals surface area contributed by atoms with Crippen LogP contribution >= 0.6 is 0 Å². The van der Waals surface area contributed by atoms with Gasteiger partial charge in [0.05, 0.1) is 45.9 Å². The van der Waals surface area contributed by atoms with E-state index in [1.807, 2.05) is 43.1 Å². The van der Waals surface area contributed by atoms with Crippen molar-refractivity contribution in [1.29, 1.82) is 0 Å². The fourth-order valence-corrected chi connectivity index (χ4v) is 2.36. The number of allylic oxidation sites excluding steroid dienone is 1. The summed E-state index contributed by atoms with van der Waals surface area (Å²) in [5.41, 5.74) is 1.92. The first kappa shape index (κ1) is 18.3. The van der Waals surface area contributed by atoms with Gasteiger partial charge in [-0.05, 0) is 17.7 Å². The van der Waals surface area contributed by atoms with E-state index in [1.165, 1.54) is 0 Å². The van der Waals surface area contributed by atoms with Crippen LogP contribution in [0.4, 0.5) is 0 Å². The number of nitrogens with zero attached hydrogens (tertiary/aromatic N) is 1. The average Bonchev–Trinajstić information content (AvgIpc) is 2.60. The van der Waals surface area contributed by atoms with Crippen LogP contribution in [-0.2, 0) is 14.2 Å². The van der Waals surface area contributed by atoms with Crippen LogP contribution in [0.5, 0.6) is 11.5 Å². The van der Waals surface area contributed by atoms with E-state index in [0.717, 1.165) is 11.1 Å². The molecule has 0 radical (unpaired) electrons. The molecule has 1 aliphatic heterocycles. The van der Waals surface area contributed by atoms with Crippen molar-refractivity contribution < 1.29 is 28.3 Å². The van der Waals surface area contributed by atoms with Gasteiger partial charge >= 0.3 is 0 Å². The van der Waals surface area contributed by atoms with Crippen molar-refractivity contribution in [3.63, 3.8) is 0 Å². The van der Waals surface area contributed by atoms with E-state index < -0.39 is 0 Å². The van der Waals surface area contributed by atoms with Crippen molar-refractivity contribution in [3.8, 4) is 11.5 Å². The SMILES string of the molecule is CO/C=C(\C=[N+](C)C)c1ccc(OC[C@H]2COCCO2)c(OC)c1. The Morgan fingerprint density at radius 2 is 2.08 bits per heavy atom. The Morgan fingerprint density at radius 1 is 1.25 bits per heavy atom. The molecular formula is C18H26NO5+. The van der Waals surface area contributed by atoms with Gasteiger partial charge < -0.3 is 23.7 Å². The topological polar surface area (TPSA) is 49.2 Å². The molecule has 1 fully saturated rings. The Bertz CT molecular complexity index is 587. The van der Waals surface area contributed by atoms with Gasteiger partial charge in [-0.3, -0.25) is 0 Å². The van der Waals surface area contributed by atoms with Gasteiger partial charge in [0.1, 0.15) is 26.8 Å². The first-order valence-electron chi connectivity index (χ1n) is 7.89. The third kappa shape index (κ3) is 5.25. The molecule has 1 aromatic rings. The van der Waals surface area contributed by atoms with Crippen LogP contribution in [0.15, 0.2) is 24.5 Å². The highest BCUT2D eigenvalue weighted by Crippen LogP contribution is 2.30. The number of methoxy groups -OCH3 is 2. The molecule has 1 aliphatic rings. The average molecular weight is 336 g/mol. The summed E-state index contributed by atoms with van der Waals surface area (Å²) in [6, 6.07) is 5.80. The summed E-state index contributed by atoms with van der Waals surface area (Å²) in [5, 5.41) is 0. The highest BCUT2D eigenvalue weighted by Gasteiger charge is 2.17. The summed E-state index contributed by atoms with van der Waals surface area (Å²) in [5.74, 6) is 1.34. The fourth-order valence-electron chi connectivity index (χ4n) is 2.36. The minimum Gasteiger partial charge on any atom is -0.503 e. The van der Waals surface area contributed by atoms with Crippen molar-refractivity contribution in [3.05, 3.63) is 30.0 Å². The van der Waals surface area contributed by atoms with E-state index in [2.05, 4.69) is 0 Å². The van der Waals surface area contributed by atoms with Crippen LogP contribution in [-0.4, -0.2) is 71.6 Å². The first-order chi connectivity index (χ1) is 11.6. The largest absolute Gasteiger partial charge is 0.503 e. The maximum atomic E-state index is 5.84. The molecule has 6 nitrogen and oxygen atoms in total. The number of ether oxygens (including phenoxy) is 5. The maximum absolute atomic E-state index is 5.84. The first-order valence-corrected chi connectivity index (χ1v) is 7.89. The summed E-state index contributed by atoms with van der Waals surface area (Å²) in [7, 11) is 7.18. The van der Waals surface area contributed by atoms with Crippen LogP contribution in [0, 0.1) is 0 Å². The van der Waals surface area contributed by atoms with Gasteiger partial charge in [0, 0.05) is 0 Å². The summed E-state index contributed by atoms with van der Waals surface area (Å²) in [4.78, 5) is 0. The molecule has 2 rings (SSSR count). The van der Waals surface area contributed by atoms with E-state index in [0.29, 0.717) is 37.9 Å². The maximum Gasteiger partial charge on any atom is 0.173 e. The molecule has 1 heterocycles.